The fraction of sp³-hybridized carbons (Fsp3) is 0.395. The number of nitrogens with zero attached hydrogens (tertiary/aromatic N) is 1. The summed E-state index contributed by atoms with van der Waals surface area (Å²) in [6, 6.07) is 20.0. The van der Waals surface area contributed by atoms with Crippen LogP contribution in [0.3, 0.4) is 0 Å². The zero-order valence-corrected chi connectivity index (χ0v) is 28.8. The fourth-order valence-electron chi connectivity index (χ4n) is 6.35. The number of carbonyl (C=O) groups is 5. The minimum Gasteiger partial charge on any atom is -0.508 e. The van der Waals surface area contributed by atoms with E-state index in [1.807, 2.05) is 36.4 Å². The van der Waals surface area contributed by atoms with Crippen molar-refractivity contribution < 1.29 is 43.3 Å². The summed E-state index contributed by atoms with van der Waals surface area (Å²) in [4.78, 5) is 68.8. The SMILES string of the molecule is CC(=O)N[C@@H](Cc1ccc(O)cc1)C(=O)N[C@H](C(=O)N1CC(Oc2ccccc2)C[C@H]1C(=O)C1C(=O)OC(OCc2ccccc2)C1N)C(C)C. The van der Waals surface area contributed by atoms with Crippen LogP contribution in [0.4, 0.5) is 0 Å². The van der Waals surface area contributed by atoms with Gasteiger partial charge in [-0.1, -0.05) is 74.5 Å². The molecule has 0 bridgehead atoms. The number of phenols is 1. The molecule has 5 N–H and O–H groups in total. The van der Waals surface area contributed by atoms with Crippen molar-refractivity contribution >= 4 is 29.5 Å². The normalized spacial score (nSPS) is 22.6. The molecular weight excluding hydrogens is 656 g/mol. The van der Waals surface area contributed by atoms with Gasteiger partial charge in [0.15, 0.2) is 5.78 Å². The first-order valence-electron chi connectivity index (χ1n) is 16.9. The van der Waals surface area contributed by atoms with Crippen LogP contribution in [0, 0.1) is 11.8 Å². The predicted octanol–water partition coefficient (Wildman–Crippen LogP) is 2.24. The third-order valence-electron chi connectivity index (χ3n) is 8.97. The van der Waals surface area contributed by atoms with Crippen LogP contribution in [0.25, 0.3) is 0 Å². The van der Waals surface area contributed by atoms with Gasteiger partial charge in [0.05, 0.1) is 25.2 Å². The highest BCUT2D eigenvalue weighted by atomic mass is 16.7. The van der Waals surface area contributed by atoms with Crippen molar-refractivity contribution in [2.45, 2.75) is 76.8 Å². The number of cyclic esters (lactones) is 1. The second-order valence-electron chi connectivity index (χ2n) is 13.2. The van der Waals surface area contributed by atoms with Gasteiger partial charge in [-0.3, -0.25) is 24.0 Å². The first kappa shape index (κ1) is 37.0. The number of carbonyl (C=O) groups excluding carboxylic acids is 5. The Balaban J connectivity index is 1.36. The van der Waals surface area contributed by atoms with Gasteiger partial charge in [-0.25, -0.2) is 0 Å². The van der Waals surface area contributed by atoms with Crippen LogP contribution >= 0.6 is 0 Å². The molecule has 2 fully saturated rings. The molecule has 0 spiro atoms. The maximum atomic E-state index is 14.4. The summed E-state index contributed by atoms with van der Waals surface area (Å²) >= 11 is 0. The monoisotopic (exact) mass is 700 g/mol. The van der Waals surface area contributed by atoms with E-state index < -0.39 is 77.9 Å². The predicted molar refractivity (Wildman–Crippen MR) is 185 cm³/mol. The molecule has 3 aromatic carbocycles. The number of Topliss-reactive ketones (excluding diaryl/α,β-unsaturated/α-hetero) is 1. The third-order valence-corrected chi connectivity index (χ3v) is 8.97. The topological polar surface area (TPSA) is 187 Å². The highest BCUT2D eigenvalue weighted by molar-refractivity contribution is 6.05. The molecule has 0 saturated carbocycles. The van der Waals surface area contributed by atoms with E-state index in [1.54, 1.807) is 50.2 Å². The number of amides is 3. The summed E-state index contributed by atoms with van der Waals surface area (Å²) in [7, 11) is 0. The van der Waals surface area contributed by atoms with Gasteiger partial charge < -0.3 is 40.6 Å². The highest BCUT2D eigenvalue weighted by Gasteiger charge is 2.53. The average molecular weight is 701 g/mol. The summed E-state index contributed by atoms with van der Waals surface area (Å²) in [6.45, 7) is 4.89. The highest BCUT2D eigenvalue weighted by Crippen LogP contribution is 2.31. The zero-order chi connectivity index (χ0) is 36.7. The van der Waals surface area contributed by atoms with E-state index in [2.05, 4.69) is 10.6 Å². The molecule has 7 atom stereocenters. The number of hydrogen-bond acceptors (Lipinski definition) is 10. The number of rotatable bonds is 14. The van der Waals surface area contributed by atoms with E-state index in [0.29, 0.717) is 11.3 Å². The number of ketones is 1. The lowest BCUT2D eigenvalue weighted by molar-refractivity contribution is -0.167. The lowest BCUT2D eigenvalue weighted by Gasteiger charge is -2.32. The number of nitrogens with one attached hydrogen (secondary N) is 2. The fourth-order valence-corrected chi connectivity index (χ4v) is 6.35. The first-order chi connectivity index (χ1) is 24.4. The zero-order valence-electron chi connectivity index (χ0n) is 28.8. The lowest BCUT2D eigenvalue weighted by atomic mass is 9.91. The smallest absolute Gasteiger partial charge is 0.320 e. The quantitative estimate of drug-likeness (QED) is 0.144. The number of nitrogens with two attached hydrogens (primary N) is 1. The van der Waals surface area contributed by atoms with Crippen LogP contribution in [0.15, 0.2) is 84.9 Å². The minimum absolute atomic E-state index is 0.00318. The number of ether oxygens (including phenoxy) is 3. The van der Waals surface area contributed by atoms with Crippen molar-refractivity contribution in [3.63, 3.8) is 0 Å². The van der Waals surface area contributed by atoms with Crippen molar-refractivity contribution in [1.82, 2.24) is 15.5 Å². The molecule has 4 unspecified atom stereocenters. The molecule has 13 heteroatoms. The van der Waals surface area contributed by atoms with E-state index in [1.165, 1.54) is 24.0 Å². The molecule has 0 aliphatic carbocycles. The molecule has 3 aromatic rings. The number of aromatic hydroxyl groups is 1. The Morgan fingerprint density at radius 2 is 1.59 bits per heavy atom. The van der Waals surface area contributed by atoms with Gasteiger partial charge in [0.2, 0.25) is 24.0 Å². The van der Waals surface area contributed by atoms with Crippen LogP contribution in [0.5, 0.6) is 11.5 Å². The Kier molecular flexibility index (Phi) is 12.1. The van der Waals surface area contributed by atoms with Gasteiger partial charge in [0.1, 0.15) is 35.6 Å². The molecule has 2 heterocycles. The Bertz CT molecular complexity index is 1690. The summed E-state index contributed by atoms with van der Waals surface area (Å²) in [5.41, 5.74) is 7.91. The first-order valence-corrected chi connectivity index (χ1v) is 16.9. The summed E-state index contributed by atoms with van der Waals surface area (Å²) in [6.07, 6.45) is -1.62. The van der Waals surface area contributed by atoms with Gasteiger partial charge in [0, 0.05) is 19.8 Å². The Morgan fingerprint density at radius 1 is 0.941 bits per heavy atom. The second-order valence-corrected chi connectivity index (χ2v) is 13.2. The van der Waals surface area contributed by atoms with Crippen LogP contribution in [-0.4, -0.2) is 82.6 Å². The van der Waals surface area contributed by atoms with Crippen LogP contribution < -0.4 is 21.1 Å². The summed E-state index contributed by atoms with van der Waals surface area (Å²) in [5.74, 6) is -4.31. The number of likely N-dealkylation sites (tertiary alicyclic amines) is 1. The average Bonchev–Trinajstić information content (AvgIpc) is 3.66. The molecule has 2 aliphatic heterocycles. The number of phenolic OH excluding ortho intramolecular Hbond substituents is 1. The molecule has 0 radical (unpaired) electrons. The number of hydrogen-bond donors (Lipinski definition) is 4. The minimum atomic E-state index is -1.40. The van der Waals surface area contributed by atoms with E-state index in [4.69, 9.17) is 19.9 Å². The number of esters is 1. The number of benzene rings is 3. The van der Waals surface area contributed by atoms with Gasteiger partial charge >= 0.3 is 5.97 Å². The maximum Gasteiger partial charge on any atom is 0.320 e. The molecule has 2 aliphatic rings. The molecule has 13 nitrogen and oxygen atoms in total. The van der Waals surface area contributed by atoms with Crippen molar-refractivity contribution in [2.75, 3.05) is 6.54 Å². The van der Waals surface area contributed by atoms with E-state index in [9.17, 15) is 29.1 Å². The van der Waals surface area contributed by atoms with Crippen molar-refractivity contribution in [3.8, 4) is 11.5 Å². The van der Waals surface area contributed by atoms with Gasteiger partial charge in [-0.05, 0) is 41.3 Å². The third kappa shape index (κ3) is 9.30. The molecule has 0 aromatic heterocycles. The number of para-hydroxylation sites is 1. The van der Waals surface area contributed by atoms with Crippen molar-refractivity contribution in [3.05, 3.63) is 96.1 Å². The molecule has 5 rings (SSSR count). The Hall–Kier alpha value is -5.27. The van der Waals surface area contributed by atoms with Crippen LogP contribution in [-0.2, 0) is 46.5 Å². The Labute approximate surface area is 296 Å². The van der Waals surface area contributed by atoms with Gasteiger partial charge in [0.25, 0.3) is 0 Å². The molecular formula is C38H44N4O9. The molecule has 3 amide bonds. The van der Waals surface area contributed by atoms with Crippen molar-refractivity contribution in [2.24, 2.45) is 17.6 Å². The van der Waals surface area contributed by atoms with Gasteiger partial charge in [-0.15, -0.1) is 0 Å². The second kappa shape index (κ2) is 16.6. The van der Waals surface area contributed by atoms with Crippen LogP contribution in [0.2, 0.25) is 0 Å². The van der Waals surface area contributed by atoms with E-state index in [-0.39, 0.29) is 31.7 Å². The molecule has 51 heavy (non-hydrogen) atoms. The molecule has 270 valence electrons. The van der Waals surface area contributed by atoms with Gasteiger partial charge in [-0.2, -0.15) is 0 Å². The lowest BCUT2D eigenvalue weighted by Crippen LogP contribution is -2.58. The summed E-state index contributed by atoms with van der Waals surface area (Å²) < 4.78 is 17.4. The summed E-state index contributed by atoms with van der Waals surface area (Å²) in [5, 5.41) is 15.1. The standard InChI is InChI=1S/C38H44N4O9/c1-22(2)33(41-35(46)29(40-23(3)43)18-24-14-16-26(44)17-15-24)36(47)42-20-28(50-27-12-8-5-9-13-27)19-30(42)34(45)31-32(39)38(51-37(31)48)49-21-25-10-6-4-7-11-25/h4-17,22,28-33,38,44H,18-21,39H2,1-3H3,(H,40,43)(H,41,46)/t28?,29-,30-,31?,32?,33-,38?/m0/s1. The molecule has 2 saturated heterocycles. The van der Waals surface area contributed by atoms with E-state index >= 15 is 0 Å². The van der Waals surface area contributed by atoms with Crippen molar-refractivity contribution in [1.29, 1.82) is 0 Å². The van der Waals surface area contributed by atoms with Crippen LogP contribution in [0.1, 0.15) is 38.3 Å². The van der Waals surface area contributed by atoms with E-state index in [0.717, 1.165) is 5.56 Å². The maximum absolute atomic E-state index is 14.4. The Morgan fingerprint density at radius 3 is 2.22 bits per heavy atom. The largest absolute Gasteiger partial charge is 0.508 e.